The van der Waals surface area contributed by atoms with Crippen molar-refractivity contribution in [1.82, 2.24) is 9.61 Å². The van der Waals surface area contributed by atoms with Gasteiger partial charge in [0.05, 0.1) is 5.35 Å². The molecule has 0 aliphatic heterocycles. The summed E-state index contributed by atoms with van der Waals surface area (Å²) in [5, 5.41) is 6.86. The van der Waals surface area contributed by atoms with E-state index < -0.39 is 0 Å². The first-order valence-corrected chi connectivity index (χ1v) is 7.86. The predicted octanol–water partition coefficient (Wildman–Crippen LogP) is 2.72. The van der Waals surface area contributed by atoms with E-state index in [0.29, 0.717) is 5.22 Å². The van der Waals surface area contributed by atoms with Gasteiger partial charge in [-0.1, -0.05) is 50.0 Å². The van der Waals surface area contributed by atoms with Crippen molar-refractivity contribution in [3.05, 3.63) is 56.2 Å². The topological polar surface area (TPSA) is 34.4 Å². The van der Waals surface area contributed by atoms with Gasteiger partial charge < -0.3 is 0 Å². The molecule has 0 aliphatic carbocycles. The van der Waals surface area contributed by atoms with Crippen LogP contribution in [0.25, 0.3) is 17.0 Å². The van der Waals surface area contributed by atoms with E-state index in [1.54, 1.807) is 12.2 Å². The third-order valence-corrected chi connectivity index (χ3v) is 3.87. The van der Waals surface area contributed by atoms with Crippen molar-refractivity contribution in [1.29, 1.82) is 0 Å². The molecule has 3 nitrogen and oxygen atoms in total. The minimum Gasteiger partial charge on any atom is -0.289 e. The second-order valence-electron chi connectivity index (χ2n) is 4.19. The van der Waals surface area contributed by atoms with Crippen molar-refractivity contribution in [2.45, 2.75) is 34.6 Å². The Bertz CT molecular complexity index is 838. The molecule has 0 saturated heterocycles. The molecular weight excluding hydrogens is 280 g/mol. The van der Waals surface area contributed by atoms with Gasteiger partial charge in [0.15, 0.2) is 5.43 Å². The number of pyridine rings is 1. The molecule has 112 valence electrons. The van der Waals surface area contributed by atoms with Crippen LogP contribution in [0.4, 0.5) is 0 Å². The monoisotopic (exact) mass is 302 g/mol. The molecule has 0 amide bonds. The van der Waals surface area contributed by atoms with Crippen LogP contribution in [0.15, 0.2) is 29.6 Å². The average Bonchev–Trinajstić information content (AvgIpc) is 2.88. The highest BCUT2D eigenvalue weighted by molar-refractivity contribution is 7.17. The van der Waals surface area contributed by atoms with E-state index in [1.807, 2.05) is 57.4 Å². The summed E-state index contributed by atoms with van der Waals surface area (Å²) in [7, 11) is 0. The maximum atomic E-state index is 12.4. The van der Waals surface area contributed by atoms with Crippen molar-refractivity contribution < 1.29 is 0 Å². The van der Waals surface area contributed by atoms with E-state index in [9.17, 15) is 4.79 Å². The Hall–Kier alpha value is -1.94. The van der Waals surface area contributed by atoms with Crippen LogP contribution in [0.3, 0.4) is 0 Å². The Morgan fingerprint density at radius 1 is 1.24 bits per heavy atom. The smallest absolute Gasteiger partial charge is 0.193 e. The van der Waals surface area contributed by atoms with Crippen molar-refractivity contribution in [3.8, 4) is 0 Å². The van der Waals surface area contributed by atoms with Gasteiger partial charge in [-0.3, -0.25) is 4.79 Å². The fraction of sp³-hybridized carbons (Fsp3) is 0.294. The predicted molar refractivity (Wildman–Crippen MR) is 93.4 cm³/mol. The van der Waals surface area contributed by atoms with Crippen LogP contribution in [0.2, 0.25) is 0 Å². The molecule has 0 radical (unpaired) electrons. The van der Waals surface area contributed by atoms with Crippen LogP contribution in [-0.2, 0) is 0 Å². The summed E-state index contributed by atoms with van der Waals surface area (Å²) in [5.41, 5.74) is 0.774. The second kappa shape index (κ2) is 7.74. The zero-order chi connectivity index (χ0) is 16.0. The third-order valence-electron chi connectivity index (χ3n) is 2.82. The average molecular weight is 302 g/mol. The molecule has 0 unspecified atom stereocenters. The van der Waals surface area contributed by atoms with Gasteiger partial charge in [0, 0.05) is 10.8 Å². The van der Waals surface area contributed by atoms with Gasteiger partial charge in [-0.2, -0.15) is 5.10 Å². The number of allylic oxidation sites excluding steroid dienone is 3. The SMILES string of the molecule is C=C/C=c1/c(=O)c(C)c2sc(C)nn2/c1=C/C=C\C.CC. The Morgan fingerprint density at radius 2 is 1.90 bits per heavy atom. The van der Waals surface area contributed by atoms with Gasteiger partial charge >= 0.3 is 0 Å². The van der Waals surface area contributed by atoms with Crippen LogP contribution in [0, 0.1) is 13.8 Å². The minimum absolute atomic E-state index is 0.0410. The molecule has 0 fully saturated rings. The van der Waals surface area contributed by atoms with E-state index >= 15 is 0 Å². The fourth-order valence-electron chi connectivity index (χ4n) is 1.94. The molecule has 21 heavy (non-hydrogen) atoms. The molecule has 4 heteroatoms. The summed E-state index contributed by atoms with van der Waals surface area (Å²) in [6.45, 7) is 13.4. The van der Waals surface area contributed by atoms with Gasteiger partial charge in [0.25, 0.3) is 0 Å². The van der Waals surface area contributed by atoms with E-state index in [-0.39, 0.29) is 5.43 Å². The molecule has 0 spiro atoms. The lowest BCUT2D eigenvalue weighted by Gasteiger charge is -1.98. The van der Waals surface area contributed by atoms with E-state index in [1.165, 1.54) is 11.3 Å². The third kappa shape index (κ3) is 3.39. The largest absolute Gasteiger partial charge is 0.289 e. The summed E-state index contributed by atoms with van der Waals surface area (Å²) < 4.78 is 1.84. The number of aryl methyl sites for hydroxylation is 2. The molecule has 0 aromatic carbocycles. The van der Waals surface area contributed by atoms with E-state index in [0.717, 1.165) is 20.8 Å². The molecule has 0 atom stereocenters. The molecule has 2 aromatic heterocycles. The van der Waals surface area contributed by atoms with Gasteiger partial charge in [-0.15, -0.1) is 0 Å². The summed E-state index contributed by atoms with van der Waals surface area (Å²) in [5.74, 6) is 0. The normalized spacial score (nSPS) is 12.8. The maximum Gasteiger partial charge on any atom is 0.193 e. The fourth-order valence-corrected chi connectivity index (χ4v) is 2.82. The highest BCUT2D eigenvalue weighted by Crippen LogP contribution is 2.12. The summed E-state index contributed by atoms with van der Waals surface area (Å²) >= 11 is 1.54. The van der Waals surface area contributed by atoms with Gasteiger partial charge in [0.1, 0.15) is 9.84 Å². The van der Waals surface area contributed by atoms with Crippen molar-refractivity contribution >= 4 is 28.3 Å². The highest BCUT2D eigenvalue weighted by Gasteiger charge is 2.09. The summed E-state index contributed by atoms with van der Waals surface area (Å²) in [4.78, 5) is 13.3. The maximum absolute atomic E-state index is 12.4. The summed E-state index contributed by atoms with van der Waals surface area (Å²) in [6.07, 6.45) is 9.11. The molecule has 2 rings (SSSR count). The van der Waals surface area contributed by atoms with Crippen molar-refractivity contribution in [2.75, 3.05) is 0 Å². The molecule has 0 saturated carbocycles. The zero-order valence-electron chi connectivity index (χ0n) is 13.3. The number of hydrogen-bond donors (Lipinski definition) is 0. The van der Waals surface area contributed by atoms with Crippen molar-refractivity contribution in [2.24, 2.45) is 0 Å². The number of nitrogens with zero attached hydrogens (tertiary/aromatic N) is 2. The number of aromatic nitrogens is 2. The van der Waals surface area contributed by atoms with Crippen LogP contribution >= 0.6 is 11.3 Å². The number of hydrogen-bond acceptors (Lipinski definition) is 3. The van der Waals surface area contributed by atoms with Gasteiger partial charge in [-0.05, 0) is 32.9 Å². The Balaban J connectivity index is 0.00000106. The molecule has 0 bridgehead atoms. The van der Waals surface area contributed by atoms with Crippen molar-refractivity contribution in [3.63, 3.8) is 0 Å². The lowest BCUT2D eigenvalue weighted by Crippen LogP contribution is -2.44. The van der Waals surface area contributed by atoms with E-state index in [4.69, 9.17) is 0 Å². The quantitative estimate of drug-likeness (QED) is 0.855. The number of fused-ring (bicyclic) bond motifs is 1. The number of rotatable bonds is 2. The lowest BCUT2D eigenvalue weighted by molar-refractivity contribution is 0.887. The first kappa shape index (κ1) is 17.1. The van der Waals surface area contributed by atoms with E-state index in [2.05, 4.69) is 11.7 Å². The minimum atomic E-state index is 0.0410. The Labute approximate surface area is 129 Å². The molecular formula is C17H22N2OS. The molecule has 0 N–H and O–H groups in total. The Morgan fingerprint density at radius 3 is 2.48 bits per heavy atom. The first-order chi connectivity index (χ1) is 10.1. The van der Waals surface area contributed by atoms with Crippen LogP contribution < -0.4 is 16.0 Å². The lowest BCUT2D eigenvalue weighted by atomic mass is 10.2. The molecule has 2 heterocycles. The second-order valence-corrected chi connectivity index (χ2v) is 5.37. The highest BCUT2D eigenvalue weighted by atomic mass is 32.1. The van der Waals surface area contributed by atoms with Crippen LogP contribution in [-0.4, -0.2) is 9.61 Å². The Kier molecular flexibility index (Phi) is 6.31. The van der Waals surface area contributed by atoms with Crippen LogP contribution in [0.1, 0.15) is 31.3 Å². The van der Waals surface area contributed by atoms with Crippen LogP contribution in [0.5, 0.6) is 0 Å². The van der Waals surface area contributed by atoms with Gasteiger partial charge in [0.2, 0.25) is 0 Å². The molecule has 0 aliphatic rings. The zero-order valence-corrected chi connectivity index (χ0v) is 14.1. The molecule has 2 aromatic rings. The summed E-state index contributed by atoms with van der Waals surface area (Å²) in [6, 6.07) is 0. The first-order valence-electron chi connectivity index (χ1n) is 7.05. The van der Waals surface area contributed by atoms with Gasteiger partial charge in [-0.25, -0.2) is 4.52 Å². The standard InChI is InChI=1S/C15H16N2OS.C2H6/c1-5-7-9-13-12(8-6-2)14(18)10(3)15-17(13)16-11(4)19-15;1-2/h5-9H,2H2,1,3-4H3;1-2H3/b7-5-,12-8+,13-9+;.